The molecule has 26 heavy (non-hydrogen) atoms. The van der Waals surface area contributed by atoms with E-state index in [1.165, 1.54) is 12.1 Å². The second kappa shape index (κ2) is 6.96. The van der Waals surface area contributed by atoms with Crippen LogP contribution in [-0.2, 0) is 6.54 Å². The van der Waals surface area contributed by atoms with E-state index in [1.54, 1.807) is 12.1 Å². The lowest BCUT2D eigenvalue weighted by Gasteiger charge is -2.03. The Morgan fingerprint density at radius 1 is 1.27 bits per heavy atom. The van der Waals surface area contributed by atoms with Crippen LogP contribution in [0.15, 0.2) is 48.5 Å². The molecule has 3 rings (SSSR count). The van der Waals surface area contributed by atoms with Gasteiger partial charge in [-0.3, -0.25) is 10.1 Å². The number of aromatic nitrogens is 1. The Morgan fingerprint density at radius 3 is 2.58 bits per heavy atom. The van der Waals surface area contributed by atoms with Gasteiger partial charge in [-0.1, -0.05) is 24.1 Å². The number of nitriles is 1. The van der Waals surface area contributed by atoms with Crippen molar-refractivity contribution in [3.8, 4) is 18.4 Å². The van der Waals surface area contributed by atoms with Crippen LogP contribution in [0.3, 0.4) is 0 Å². The average molecular weight is 341 g/mol. The van der Waals surface area contributed by atoms with Gasteiger partial charge in [0, 0.05) is 34.3 Å². The molecule has 0 radical (unpaired) electrons. The van der Waals surface area contributed by atoms with E-state index in [0.29, 0.717) is 17.7 Å². The summed E-state index contributed by atoms with van der Waals surface area (Å²) in [6.07, 6.45) is 7.30. The highest BCUT2D eigenvalue weighted by Gasteiger charge is 2.13. The fraction of sp³-hybridized carbons (Fsp3) is 0.0952. The topological polar surface area (TPSA) is 71.9 Å². The highest BCUT2D eigenvalue weighted by Crippen LogP contribution is 2.30. The largest absolute Gasteiger partial charge is 0.333 e. The first-order chi connectivity index (χ1) is 12.6. The van der Waals surface area contributed by atoms with Crippen LogP contribution in [0.25, 0.3) is 22.6 Å². The summed E-state index contributed by atoms with van der Waals surface area (Å²) in [5.41, 5.74) is 3.96. The summed E-state index contributed by atoms with van der Waals surface area (Å²) in [6.45, 7) is 2.41. The van der Waals surface area contributed by atoms with E-state index in [1.807, 2.05) is 41.8 Å². The first-order valence-corrected chi connectivity index (χ1v) is 7.94. The van der Waals surface area contributed by atoms with Gasteiger partial charge in [0.2, 0.25) is 0 Å². The Labute approximate surface area is 150 Å². The number of nitrogens with zero attached hydrogens (tertiary/aromatic N) is 3. The number of allylic oxidation sites excluding steroid dienone is 1. The van der Waals surface area contributed by atoms with Crippen LogP contribution < -0.4 is 0 Å². The van der Waals surface area contributed by atoms with Crippen LogP contribution >= 0.6 is 0 Å². The molecule has 1 aromatic heterocycles. The summed E-state index contributed by atoms with van der Waals surface area (Å²) >= 11 is 0. The fourth-order valence-corrected chi connectivity index (χ4v) is 3.02. The van der Waals surface area contributed by atoms with Gasteiger partial charge in [0.1, 0.15) is 0 Å². The normalized spacial score (nSPS) is 11.1. The molecule has 0 spiro atoms. The summed E-state index contributed by atoms with van der Waals surface area (Å²) in [5.74, 6) is 2.66. The summed E-state index contributed by atoms with van der Waals surface area (Å²) in [7, 11) is 0. The number of fused-ring (bicyclic) bond motifs is 1. The molecule has 2 aromatic carbocycles. The van der Waals surface area contributed by atoms with Gasteiger partial charge in [-0.15, -0.1) is 6.42 Å². The molecular formula is C21H15N3O2. The van der Waals surface area contributed by atoms with Crippen molar-refractivity contribution >= 4 is 28.2 Å². The zero-order valence-corrected chi connectivity index (χ0v) is 14.1. The third kappa shape index (κ3) is 2.94. The molecule has 3 aromatic rings. The lowest BCUT2D eigenvalue weighted by atomic mass is 10.0. The van der Waals surface area contributed by atoms with Crippen molar-refractivity contribution in [1.29, 1.82) is 5.26 Å². The van der Waals surface area contributed by atoms with Crippen LogP contribution in [0.1, 0.15) is 16.8 Å². The van der Waals surface area contributed by atoms with Crippen molar-refractivity contribution < 1.29 is 4.92 Å². The minimum absolute atomic E-state index is 0.00663. The molecule has 0 saturated carbocycles. The predicted molar refractivity (Wildman–Crippen MR) is 102 cm³/mol. The van der Waals surface area contributed by atoms with E-state index < -0.39 is 4.92 Å². The zero-order chi connectivity index (χ0) is 18.7. The molecule has 0 unspecified atom stereocenters. The van der Waals surface area contributed by atoms with Crippen molar-refractivity contribution in [3.63, 3.8) is 0 Å². The van der Waals surface area contributed by atoms with Gasteiger partial charge in [0.05, 0.1) is 23.1 Å². The second-order valence-corrected chi connectivity index (χ2v) is 5.78. The van der Waals surface area contributed by atoms with Crippen LogP contribution in [0.5, 0.6) is 0 Å². The molecule has 0 amide bonds. The Balaban J connectivity index is 2.16. The van der Waals surface area contributed by atoms with E-state index in [2.05, 4.69) is 12.0 Å². The molecule has 0 atom stereocenters. The van der Waals surface area contributed by atoms with Gasteiger partial charge < -0.3 is 4.57 Å². The van der Waals surface area contributed by atoms with Crippen LogP contribution in [0.4, 0.5) is 5.69 Å². The first kappa shape index (κ1) is 17.0. The summed E-state index contributed by atoms with van der Waals surface area (Å²) in [4.78, 5) is 10.3. The first-order valence-electron chi connectivity index (χ1n) is 7.94. The Hall–Kier alpha value is -3.83. The highest BCUT2D eigenvalue weighted by molar-refractivity contribution is 5.99. The number of hydrogen-bond donors (Lipinski definition) is 0. The Kier molecular flexibility index (Phi) is 4.55. The van der Waals surface area contributed by atoms with Gasteiger partial charge in [-0.05, 0) is 36.8 Å². The van der Waals surface area contributed by atoms with Gasteiger partial charge in [-0.2, -0.15) is 5.26 Å². The number of non-ortho nitro benzene ring substituents is 1. The number of terminal acetylenes is 1. The maximum atomic E-state index is 10.8. The third-order valence-electron chi connectivity index (χ3n) is 4.33. The molecule has 1 heterocycles. The number of para-hydroxylation sites is 1. The molecule has 0 aliphatic rings. The molecule has 0 aliphatic heterocycles. The smallest absolute Gasteiger partial charge is 0.269 e. The highest BCUT2D eigenvalue weighted by atomic mass is 16.6. The molecule has 0 N–H and O–H groups in total. The van der Waals surface area contributed by atoms with Crippen LogP contribution in [0.2, 0.25) is 0 Å². The lowest BCUT2D eigenvalue weighted by molar-refractivity contribution is -0.384. The molecule has 5 nitrogen and oxygen atoms in total. The monoisotopic (exact) mass is 341 g/mol. The number of hydrogen-bond acceptors (Lipinski definition) is 3. The van der Waals surface area contributed by atoms with E-state index in [9.17, 15) is 15.4 Å². The molecule has 0 saturated heterocycles. The van der Waals surface area contributed by atoms with E-state index in [-0.39, 0.29) is 5.69 Å². The van der Waals surface area contributed by atoms with Crippen molar-refractivity contribution in [1.82, 2.24) is 4.57 Å². The van der Waals surface area contributed by atoms with Crippen molar-refractivity contribution in [2.24, 2.45) is 0 Å². The number of nitro benzene ring substituents is 1. The Bertz CT molecular complexity index is 1110. The quantitative estimate of drug-likeness (QED) is 0.302. The molecule has 0 aliphatic carbocycles. The van der Waals surface area contributed by atoms with Crippen molar-refractivity contribution in [3.05, 3.63) is 75.5 Å². The minimum atomic E-state index is -0.461. The van der Waals surface area contributed by atoms with Gasteiger partial charge in [0.25, 0.3) is 5.69 Å². The predicted octanol–water partition coefficient (Wildman–Crippen LogP) is 4.56. The van der Waals surface area contributed by atoms with E-state index in [4.69, 9.17) is 6.42 Å². The fourth-order valence-electron chi connectivity index (χ4n) is 3.02. The summed E-state index contributed by atoms with van der Waals surface area (Å²) in [5, 5.41) is 21.4. The van der Waals surface area contributed by atoms with Crippen LogP contribution in [-0.4, -0.2) is 9.49 Å². The number of benzene rings is 2. The molecule has 0 fully saturated rings. The summed E-state index contributed by atoms with van der Waals surface area (Å²) < 4.78 is 2.03. The maximum Gasteiger partial charge on any atom is 0.269 e. The van der Waals surface area contributed by atoms with Crippen LogP contribution in [0, 0.1) is 40.7 Å². The molecule has 126 valence electrons. The second-order valence-electron chi connectivity index (χ2n) is 5.78. The number of rotatable bonds is 4. The van der Waals surface area contributed by atoms with Gasteiger partial charge in [-0.25, -0.2) is 0 Å². The molecular weight excluding hydrogens is 326 g/mol. The van der Waals surface area contributed by atoms with E-state index >= 15 is 0 Å². The minimum Gasteiger partial charge on any atom is -0.333 e. The SMILES string of the molecule is C#CCn1c(C)c(C=C(C#N)c2ccc([N+](=O)[O-])cc2)c2ccccc21. The van der Waals surface area contributed by atoms with E-state index in [0.717, 1.165) is 22.2 Å². The Morgan fingerprint density at radius 2 is 1.96 bits per heavy atom. The zero-order valence-electron chi connectivity index (χ0n) is 14.1. The number of nitro groups is 1. The lowest BCUT2D eigenvalue weighted by Crippen LogP contribution is -1.97. The molecule has 0 bridgehead atoms. The van der Waals surface area contributed by atoms with Crippen molar-refractivity contribution in [2.75, 3.05) is 0 Å². The van der Waals surface area contributed by atoms with Gasteiger partial charge in [0.15, 0.2) is 0 Å². The maximum absolute atomic E-state index is 10.8. The third-order valence-corrected chi connectivity index (χ3v) is 4.33. The molecule has 5 heteroatoms. The standard InChI is InChI=1S/C21H15N3O2/c1-3-12-23-15(2)20(19-6-4-5-7-21(19)23)13-17(14-22)16-8-10-18(11-9-16)24(25)26/h1,4-11,13H,12H2,2H3. The van der Waals surface area contributed by atoms with Crippen molar-refractivity contribution in [2.45, 2.75) is 13.5 Å². The average Bonchev–Trinajstić information content (AvgIpc) is 2.92. The van der Waals surface area contributed by atoms with Gasteiger partial charge >= 0.3 is 0 Å². The summed E-state index contributed by atoms with van der Waals surface area (Å²) in [6, 6.07) is 16.0.